The van der Waals surface area contributed by atoms with Gasteiger partial charge in [0.25, 0.3) is 5.89 Å². The molecule has 0 radical (unpaired) electrons. The molecule has 0 saturated carbocycles. The van der Waals surface area contributed by atoms with E-state index in [1.54, 1.807) is 24.3 Å². The zero-order valence-corrected chi connectivity index (χ0v) is 16.1. The number of carbonyl (C=O) groups is 1. The highest BCUT2D eigenvalue weighted by Gasteiger charge is 2.13. The van der Waals surface area contributed by atoms with Crippen molar-refractivity contribution in [2.45, 2.75) is 20.1 Å². The van der Waals surface area contributed by atoms with Crippen molar-refractivity contribution < 1.29 is 13.9 Å². The van der Waals surface area contributed by atoms with Crippen molar-refractivity contribution in [1.29, 1.82) is 0 Å². The molecule has 10 heteroatoms. The number of halogens is 1. The molecule has 0 aliphatic rings. The summed E-state index contributed by atoms with van der Waals surface area (Å²) in [4.78, 5) is 13.2. The van der Waals surface area contributed by atoms with Gasteiger partial charge in [-0.25, -0.2) is 4.79 Å². The van der Waals surface area contributed by atoms with E-state index in [1.165, 1.54) is 4.80 Å². The monoisotopic (exact) mass is 410 g/mol. The van der Waals surface area contributed by atoms with Crippen LogP contribution in [0.15, 0.2) is 52.9 Å². The first-order valence-corrected chi connectivity index (χ1v) is 9.03. The van der Waals surface area contributed by atoms with Crippen LogP contribution in [0.5, 0.6) is 0 Å². The van der Waals surface area contributed by atoms with Crippen molar-refractivity contribution in [2.24, 2.45) is 0 Å². The predicted octanol–water partition coefficient (Wildman–Crippen LogP) is 3.10. The van der Waals surface area contributed by atoms with Gasteiger partial charge in [-0.15, -0.1) is 20.4 Å². The predicted molar refractivity (Wildman–Crippen MR) is 103 cm³/mol. The van der Waals surface area contributed by atoms with Gasteiger partial charge in [-0.2, -0.15) is 4.80 Å². The number of nitrogens with zero attached hydrogens (tertiary/aromatic N) is 6. The highest BCUT2D eigenvalue weighted by molar-refractivity contribution is 6.30. The van der Waals surface area contributed by atoms with Crippen molar-refractivity contribution in [3.05, 3.63) is 65.0 Å². The number of hydrogen-bond acceptors (Lipinski definition) is 8. The van der Waals surface area contributed by atoms with Gasteiger partial charge in [-0.1, -0.05) is 41.4 Å². The topological polar surface area (TPSA) is 109 Å². The largest absolute Gasteiger partial charge is 0.454 e. The summed E-state index contributed by atoms with van der Waals surface area (Å²) in [7, 11) is 0. The maximum absolute atomic E-state index is 12.0. The lowest BCUT2D eigenvalue weighted by Gasteiger charge is -2.00. The molecule has 0 N–H and O–H groups in total. The number of benzene rings is 2. The molecule has 2 aromatic heterocycles. The molecule has 4 rings (SSSR count). The van der Waals surface area contributed by atoms with E-state index in [0.717, 1.165) is 16.7 Å². The molecule has 9 nitrogen and oxygen atoms in total. The highest BCUT2D eigenvalue weighted by atomic mass is 35.5. The summed E-state index contributed by atoms with van der Waals surface area (Å²) in [5.74, 6) is 0.370. The van der Waals surface area contributed by atoms with E-state index in [0.29, 0.717) is 16.7 Å². The summed E-state index contributed by atoms with van der Waals surface area (Å²) in [6, 6.07) is 14.6. The van der Waals surface area contributed by atoms with Gasteiger partial charge in [0.2, 0.25) is 11.7 Å². The first kappa shape index (κ1) is 18.8. The Kier molecular flexibility index (Phi) is 5.30. The first-order chi connectivity index (χ1) is 14.1. The van der Waals surface area contributed by atoms with Gasteiger partial charge in [0.1, 0.15) is 0 Å². The van der Waals surface area contributed by atoms with E-state index in [2.05, 4.69) is 25.6 Å². The Morgan fingerprint density at radius 3 is 2.52 bits per heavy atom. The Bertz CT molecular complexity index is 1120. The van der Waals surface area contributed by atoms with Crippen LogP contribution in [0, 0.1) is 6.92 Å². The SMILES string of the molecule is Cc1ccc(-c2nnn(CC(=O)OCc3nnc(-c4ccc(Cl)cc4)o3)n2)cc1. The van der Waals surface area contributed by atoms with Crippen LogP contribution < -0.4 is 0 Å². The lowest BCUT2D eigenvalue weighted by Crippen LogP contribution is -2.15. The molecule has 2 aromatic carbocycles. The lowest BCUT2D eigenvalue weighted by atomic mass is 10.1. The van der Waals surface area contributed by atoms with E-state index in [-0.39, 0.29) is 19.0 Å². The smallest absolute Gasteiger partial charge is 0.330 e. The fourth-order valence-corrected chi connectivity index (χ4v) is 2.58. The molecule has 0 fully saturated rings. The zero-order valence-electron chi connectivity index (χ0n) is 15.3. The van der Waals surface area contributed by atoms with Crippen LogP contribution in [-0.4, -0.2) is 36.4 Å². The van der Waals surface area contributed by atoms with E-state index in [4.69, 9.17) is 20.8 Å². The van der Waals surface area contributed by atoms with Crippen molar-refractivity contribution in [2.75, 3.05) is 0 Å². The van der Waals surface area contributed by atoms with Crippen molar-refractivity contribution in [1.82, 2.24) is 30.4 Å². The number of esters is 1. The summed E-state index contributed by atoms with van der Waals surface area (Å²) in [6.07, 6.45) is 0. The van der Waals surface area contributed by atoms with Crippen LogP contribution in [0.4, 0.5) is 0 Å². The summed E-state index contributed by atoms with van der Waals surface area (Å²) in [6.45, 7) is 1.65. The summed E-state index contributed by atoms with van der Waals surface area (Å²) >= 11 is 5.86. The molecular formula is C19H15ClN6O3. The Morgan fingerprint density at radius 2 is 1.76 bits per heavy atom. The van der Waals surface area contributed by atoms with Gasteiger partial charge < -0.3 is 9.15 Å². The number of hydrogen-bond donors (Lipinski definition) is 0. The fourth-order valence-electron chi connectivity index (χ4n) is 2.45. The maximum Gasteiger partial charge on any atom is 0.330 e. The van der Waals surface area contributed by atoms with Crippen LogP contribution in [-0.2, 0) is 22.7 Å². The number of ether oxygens (including phenoxy) is 1. The molecule has 0 aliphatic heterocycles. The minimum absolute atomic E-state index is 0.154. The van der Waals surface area contributed by atoms with E-state index >= 15 is 0 Å². The molecular weight excluding hydrogens is 396 g/mol. The van der Waals surface area contributed by atoms with Crippen LogP contribution in [0.1, 0.15) is 11.5 Å². The summed E-state index contributed by atoms with van der Waals surface area (Å²) in [5, 5.41) is 20.4. The van der Waals surface area contributed by atoms with Gasteiger partial charge in [0.15, 0.2) is 13.2 Å². The van der Waals surface area contributed by atoms with Gasteiger partial charge in [0, 0.05) is 16.1 Å². The van der Waals surface area contributed by atoms with Crippen molar-refractivity contribution >= 4 is 17.6 Å². The minimum atomic E-state index is -0.552. The Labute approximate surface area is 170 Å². The summed E-state index contributed by atoms with van der Waals surface area (Å²) < 4.78 is 10.6. The van der Waals surface area contributed by atoms with Crippen LogP contribution in [0.25, 0.3) is 22.8 Å². The van der Waals surface area contributed by atoms with E-state index in [1.807, 2.05) is 31.2 Å². The van der Waals surface area contributed by atoms with Gasteiger partial charge in [0.05, 0.1) is 0 Å². The molecule has 2 heterocycles. The normalized spacial score (nSPS) is 10.8. The molecule has 0 amide bonds. The number of tetrazole rings is 1. The molecule has 29 heavy (non-hydrogen) atoms. The van der Waals surface area contributed by atoms with Gasteiger partial charge >= 0.3 is 5.97 Å². The zero-order chi connectivity index (χ0) is 20.2. The van der Waals surface area contributed by atoms with Crippen LogP contribution in [0.3, 0.4) is 0 Å². The number of aryl methyl sites for hydroxylation is 1. The highest BCUT2D eigenvalue weighted by Crippen LogP contribution is 2.20. The minimum Gasteiger partial charge on any atom is -0.454 e. The molecule has 0 bridgehead atoms. The fraction of sp³-hybridized carbons (Fsp3) is 0.158. The Morgan fingerprint density at radius 1 is 1.03 bits per heavy atom. The number of carbonyl (C=O) groups excluding carboxylic acids is 1. The standard InChI is InChI=1S/C19H15ClN6O3/c1-12-2-4-13(5-3-12)18-22-25-26(24-18)10-17(27)28-11-16-21-23-19(29-16)14-6-8-15(20)9-7-14/h2-9H,10-11H2,1H3. The van der Waals surface area contributed by atoms with Crippen molar-refractivity contribution in [3.63, 3.8) is 0 Å². The van der Waals surface area contributed by atoms with E-state index in [9.17, 15) is 4.79 Å². The van der Waals surface area contributed by atoms with Gasteiger partial charge in [-0.3, -0.25) is 0 Å². The van der Waals surface area contributed by atoms with Crippen LogP contribution in [0.2, 0.25) is 5.02 Å². The molecule has 0 unspecified atom stereocenters. The van der Waals surface area contributed by atoms with E-state index < -0.39 is 5.97 Å². The second-order valence-electron chi connectivity index (χ2n) is 6.18. The maximum atomic E-state index is 12.0. The first-order valence-electron chi connectivity index (χ1n) is 8.65. The molecule has 0 atom stereocenters. The molecule has 146 valence electrons. The second-order valence-corrected chi connectivity index (χ2v) is 6.61. The average Bonchev–Trinajstić information content (AvgIpc) is 3.37. The second kappa shape index (κ2) is 8.19. The molecule has 0 spiro atoms. The van der Waals surface area contributed by atoms with Crippen molar-refractivity contribution in [3.8, 4) is 22.8 Å². The summed E-state index contributed by atoms with van der Waals surface area (Å²) in [5.41, 5.74) is 2.66. The van der Waals surface area contributed by atoms with Gasteiger partial charge in [-0.05, 0) is 36.4 Å². The third-order valence-corrected chi connectivity index (χ3v) is 4.20. The Balaban J connectivity index is 1.33. The lowest BCUT2D eigenvalue weighted by molar-refractivity contribution is -0.146. The molecule has 0 aliphatic carbocycles. The van der Waals surface area contributed by atoms with Crippen LogP contribution >= 0.6 is 11.6 Å². The number of rotatable bonds is 6. The third-order valence-electron chi connectivity index (χ3n) is 3.95. The average molecular weight is 411 g/mol. The third kappa shape index (κ3) is 4.64. The quantitative estimate of drug-likeness (QED) is 0.446. The Hall–Kier alpha value is -3.59. The molecule has 4 aromatic rings. The molecule has 0 saturated heterocycles. The number of aromatic nitrogens is 6.